The first-order valence-electron chi connectivity index (χ1n) is 7.14. The van der Waals surface area contributed by atoms with Crippen molar-refractivity contribution in [1.29, 1.82) is 0 Å². The second-order valence-electron chi connectivity index (χ2n) is 5.39. The summed E-state index contributed by atoms with van der Waals surface area (Å²) in [7, 11) is 5.73. The van der Waals surface area contributed by atoms with Crippen LogP contribution in [0.15, 0.2) is 52.2 Å². The smallest absolute Gasteiger partial charge is 0.345 e. The summed E-state index contributed by atoms with van der Waals surface area (Å²) in [6, 6.07) is 8.21. The predicted octanol–water partition coefficient (Wildman–Crippen LogP) is 1.70. The molecule has 0 fully saturated rings. The maximum absolute atomic E-state index is 5.68. The predicted molar refractivity (Wildman–Crippen MR) is 94.8 cm³/mol. The molecule has 3 rings (SSSR count). The summed E-state index contributed by atoms with van der Waals surface area (Å²) in [5.74, 6) is 0.374. The van der Waals surface area contributed by atoms with E-state index in [1.807, 2.05) is 26.2 Å². The van der Waals surface area contributed by atoms with Crippen LogP contribution in [0.5, 0.6) is 0 Å². The topological polar surface area (TPSA) is 63.0 Å². The summed E-state index contributed by atoms with van der Waals surface area (Å²) >= 11 is 1.72. The number of benzene rings is 1. The van der Waals surface area contributed by atoms with Crippen LogP contribution in [0.1, 0.15) is 5.56 Å². The Kier molecular flexibility index (Phi) is 4.12. The van der Waals surface area contributed by atoms with Gasteiger partial charge in [0.05, 0.1) is 13.3 Å². The highest BCUT2D eigenvalue weighted by molar-refractivity contribution is 7.14. The van der Waals surface area contributed by atoms with Crippen molar-refractivity contribution in [3.8, 4) is 11.3 Å². The van der Waals surface area contributed by atoms with Crippen molar-refractivity contribution >= 4 is 28.5 Å². The fourth-order valence-corrected chi connectivity index (χ4v) is 3.01. The fourth-order valence-electron chi connectivity index (χ4n) is 2.21. The van der Waals surface area contributed by atoms with Gasteiger partial charge >= 0.3 is 4.96 Å². The van der Waals surface area contributed by atoms with E-state index in [-0.39, 0.29) is 0 Å². The summed E-state index contributed by atoms with van der Waals surface area (Å²) in [5, 5.41) is 10.00. The quantitative estimate of drug-likeness (QED) is 0.344. The van der Waals surface area contributed by atoms with Gasteiger partial charge in [0.15, 0.2) is 5.69 Å². The molecule has 2 heterocycles. The number of aryl methyl sites for hydroxylation is 1. The van der Waals surface area contributed by atoms with Crippen molar-refractivity contribution in [2.24, 2.45) is 23.0 Å². The van der Waals surface area contributed by atoms with E-state index in [0.717, 1.165) is 11.1 Å². The molecule has 0 atom stereocenters. The SMILES string of the molecule is CN(C)/C(N)=N/N=C/c1ccc(-c2c[n+]3ccsc3n2C)cc1. The molecule has 0 aliphatic carbocycles. The minimum Gasteiger partial charge on any atom is -0.368 e. The van der Waals surface area contributed by atoms with E-state index in [0.29, 0.717) is 5.96 Å². The molecule has 2 N–H and O–H groups in total. The van der Waals surface area contributed by atoms with Crippen LogP contribution in [0.3, 0.4) is 0 Å². The molecule has 6 nitrogen and oxygen atoms in total. The van der Waals surface area contributed by atoms with Gasteiger partial charge in [0.1, 0.15) is 12.4 Å². The lowest BCUT2D eigenvalue weighted by Gasteiger charge is -2.07. The summed E-state index contributed by atoms with van der Waals surface area (Å²) in [5.41, 5.74) is 9.00. The molecule has 0 spiro atoms. The third-order valence-electron chi connectivity index (χ3n) is 3.56. The van der Waals surface area contributed by atoms with E-state index in [4.69, 9.17) is 5.73 Å². The van der Waals surface area contributed by atoms with E-state index < -0.39 is 0 Å². The first kappa shape index (κ1) is 15.2. The molecule has 2 aromatic heterocycles. The summed E-state index contributed by atoms with van der Waals surface area (Å²) in [6.07, 6.45) is 5.90. The van der Waals surface area contributed by atoms with Gasteiger partial charge in [-0.1, -0.05) is 23.5 Å². The number of thiazole rings is 1. The average Bonchev–Trinajstić information content (AvgIpc) is 3.11. The number of rotatable bonds is 3. The third-order valence-corrected chi connectivity index (χ3v) is 4.51. The van der Waals surface area contributed by atoms with E-state index in [2.05, 4.69) is 56.1 Å². The maximum atomic E-state index is 5.68. The lowest BCUT2D eigenvalue weighted by molar-refractivity contribution is -0.505. The van der Waals surface area contributed by atoms with Gasteiger partial charge in [-0.05, 0) is 17.7 Å². The Morgan fingerprint density at radius 1 is 1.30 bits per heavy atom. The first-order valence-corrected chi connectivity index (χ1v) is 8.02. The van der Waals surface area contributed by atoms with Crippen LogP contribution in [-0.4, -0.2) is 35.7 Å². The van der Waals surface area contributed by atoms with E-state index >= 15 is 0 Å². The van der Waals surface area contributed by atoms with Gasteiger partial charge in [-0.3, -0.25) is 0 Å². The fraction of sp³-hybridized carbons (Fsp3) is 0.188. The Balaban J connectivity index is 1.82. The van der Waals surface area contributed by atoms with Crippen molar-refractivity contribution in [2.75, 3.05) is 14.1 Å². The Morgan fingerprint density at radius 3 is 2.70 bits per heavy atom. The van der Waals surface area contributed by atoms with Gasteiger partial charge in [0.2, 0.25) is 5.96 Å². The van der Waals surface area contributed by atoms with Gasteiger partial charge < -0.3 is 10.6 Å². The molecule has 1 aromatic carbocycles. The van der Waals surface area contributed by atoms with Crippen molar-refractivity contribution in [3.63, 3.8) is 0 Å². The molecule has 0 amide bonds. The van der Waals surface area contributed by atoms with Gasteiger partial charge in [-0.2, -0.15) is 9.50 Å². The molecular weight excluding hydrogens is 308 g/mol. The van der Waals surface area contributed by atoms with Crippen LogP contribution in [-0.2, 0) is 7.05 Å². The Labute approximate surface area is 138 Å². The van der Waals surface area contributed by atoms with Gasteiger partial charge in [-0.25, -0.2) is 4.57 Å². The second kappa shape index (κ2) is 6.21. The Bertz CT molecular complexity index is 870. The van der Waals surface area contributed by atoms with E-state index in [1.165, 1.54) is 10.7 Å². The molecule has 0 saturated carbocycles. The number of aromatic nitrogens is 2. The lowest BCUT2D eigenvalue weighted by atomic mass is 10.1. The number of fused-ring (bicyclic) bond motifs is 1. The second-order valence-corrected chi connectivity index (χ2v) is 6.26. The maximum Gasteiger partial charge on any atom is 0.345 e. The molecular formula is C16H19N6S+. The number of nitrogens with two attached hydrogens (primary N) is 1. The lowest BCUT2D eigenvalue weighted by Crippen LogP contribution is -2.29. The molecule has 0 unspecified atom stereocenters. The molecule has 3 aromatic rings. The standard InChI is InChI=1S/C16H19N6S/c1-20(2)15(17)19-18-10-12-4-6-13(7-5-12)14-11-22-8-9-23-16(22)21(14)3/h4-11H,1-3H3,(H2,17,19)/q+1/b18-10+. The van der Waals surface area contributed by atoms with Gasteiger partial charge in [0, 0.05) is 25.0 Å². The number of guanidine groups is 1. The molecule has 0 bridgehead atoms. The van der Waals surface area contributed by atoms with Crippen LogP contribution in [0, 0.1) is 0 Å². The van der Waals surface area contributed by atoms with Crippen molar-refractivity contribution in [2.45, 2.75) is 0 Å². The molecule has 23 heavy (non-hydrogen) atoms. The van der Waals surface area contributed by atoms with Crippen LogP contribution >= 0.6 is 11.3 Å². The number of hydrogen-bond donors (Lipinski definition) is 1. The van der Waals surface area contributed by atoms with Gasteiger partial charge in [0.25, 0.3) is 0 Å². The third kappa shape index (κ3) is 3.09. The molecule has 0 saturated heterocycles. The minimum absolute atomic E-state index is 0.374. The van der Waals surface area contributed by atoms with Gasteiger partial charge in [-0.15, -0.1) is 5.10 Å². The Hall–Kier alpha value is -2.67. The first-order chi connectivity index (χ1) is 11.1. The van der Waals surface area contributed by atoms with Crippen LogP contribution in [0.25, 0.3) is 16.2 Å². The minimum atomic E-state index is 0.374. The number of nitrogens with zero attached hydrogens (tertiary/aromatic N) is 5. The Morgan fingerprint density at radius 2 is 2.04 bits per heavy atom. The van der Waals surface area contributed by atoms with E-state index in [9.17, 15) is 0 Å². The highest BCUT2D eigenvalue weighted by atomic mass is 32.1. The summed E-state index contributed by atoms with van der Waals surface area (Å²) < 4.78 is 4.32. The van der Waals surface area contributed by atoms with Crippen molar-refractivity contribution in [3.05, 3.63) is 47.6 Å². The molecule has 0 radical (unpaired) electrons. The highest BCUT2D eigenvalue weighted by Gasteiger charge is 2.16. The van der Waals surface area contributed by atoms with E-state index in [1.54, 1.807) is 22.5 Å². The van der Waals surface area contributed by atoms with Crippen LogP contribution < -0.4 is 10.1 Å². The number of hydrogen-bond acceptors (Lipinski definition) is 3. The van der Waals surface area contributed by atoms with Crippen molar-refractivity contribution < 1.29 is 4.40 Å². The highest BCUT2D eigenvalue weighted by Crippen LogP contribution is 2.21. The van der Waals surface area contributed by atoms with Crippen molar-refractivity contribution in [1.82, 2.24) is 9.47 Å². The van der Waals surface area contributed by atoms with Crippen LogP contribution in [0.2, 0.25) is 0 Å². The molecule has 0 aliphatic rings. The largest absolute Gasteiger partial charge is 0.368 e. The molecule has 118 valence electrons. The molecule has 7 heteroatoms. The molecule has 0 aliphatic heterocycles. The number of imidazole rings is 1. The van der Waals surface area contributed by atoms with Crippen LogP contribution in [0.4, 0.5) is 0 Å². The zero-order valence-corrected chi connectivity index (χ0v) is 14.2. The summed E-state index contributed by atoms with van der Waals surface area (Å²) in [6.45, 7) is 0. The normalized spacial score (nSPS) is 12.4. The zero-order chi connectivity index (χ0) is 16.4. The summed E-state index contributed by atoms with van der Waals surface area (Å²) in [4.78, 5) is 2.92. The average molecular weight is 327 g/mol. The monoisotopic (exact) mass is 327 g/mol. The zero-order valence-electron chi connectivity index (χ0n) is 13.3.